The van der Waals surface area contributed by atoms with E-state index in [4.69, 9.17) is 9.47 Å². The molecule has 0 amide bonds. The second-order valence-corrected chi connectivity index (χ2v) is 4.85. The lowest BCUT2D eigenvalue weighted by molar-refractivity contribution is -0.145. The summed E-state index contributed by atoms with van der Waals surface area (Å²) in [4.78, 5) is 22.6. The minimum absolute atomic E-state index is 0.0400. The second kappa shape index (κ2) is 5.87. The smallest absolute Gasteiger partial charge is 0.308 e. The maximum absolute atomic E-state index is 11.4. The Bertz CT molecular complexity index is 464. The van der Waals surface area contributed by atoms with Gasteiger partial charge >= 0.3 is 5.97 Å². The fourth-order valence-corrected chi connectivity index (χ4v) is 2.39. The van der Waals surface area contributed by atoms with Crippen LogP contribution < -0.4 is 4.74 Å². The molecule has 0 saturated heterocycles. The molecule has 19 heavy (non-hydrogen) atoms. The molecular formula is C15H18O4. The van der Waals surface area contributed by atoms with Gasteiger partial charge in [-0.2, -0.15) is 0 Å². The Morgan fingerprint density at radius 3 is 2.42 bits per heavy atom. The summed E-state index contributed by atoms with van der Waals surface area (Å²) in [6.07, 6.45) is 2.41. The number of carbonyl (C=O) groups is 2. The summed E-state index contributed by atoms with van der Waals surface area (Å²) >= 11 is 0. The number of hydrogen-bond donors (Lipinski definition) is 0. The standard InChI is InChI=1S/C15H18O4/c1-10(16)11-3-6-13(7-4-11)19-14-8-5-12(9-14)15(17)18-2/h3-4,6-7,12,14H,5,8-9H2,1-2H3/t12-,14-/m1/s1. The lowest BCUT2D eigenvalue weighted by Crippen LogP contribution is -2.17. The van der Waals surface area contributed by atoms with Crippen LogP contribution in [0.4, 0.5) is 0 Å². The van der Waals surface area contributed by atoms with Gasteiger partial charge in [0.1, 0.15) is 5.75 Å². The predicted octanol–water partition coefficient (Wildman–Crippen LogP) is 2.61. The number of ether oxygens (including phenoxy) is 2. The molecule has 0 aromatic heterocycles. The minimum Gasteiger partial charge on any atom is -0.490 e. The van der Waals surface area contributed by atoms with E-state index in [-0.39, 0.29) is 23.8 Å². The third-order valence-electron chi connectivity index (χ3n) is 3.48. The predicted molar refractivity (Wildman–Crippen MR) is 70.2 cm³/mol. The van der Waals surface area contributed by atoms with Gasteiger partial charge in [0.05, 0.1) is 19.1 Å². The van der Waals surface area contributed by atoms with Gasteiger partial charge in [0.15, 0.2) is 5.78 Å². The van der Waals surface area contributed by atoms with E-state index in [1.807, 2.05) is 0 Å². The molecule has 1 aromatic rings. The van der Waals surface area contributed by atoms with Crippen LogP contribution in [0.2, 0.25) is 0 Å². The summed E-state index contributed by atoms with van der Waals surface area (Å²) in [5.74, 6) is 0.572. The van der Waals surface area contributed by atoms with Crippen LogP contribution >= 0.6 is 0 Å². The molecule has 4 nitrogen and oxygen atoms in total. The Morgan fingerprint density at radius 1 is 1.16 bits per heavy atom. The molecule has 4 heteroatoms. The van der Waals surface area contributed by atoms with Crippen molar-refractivity contribution in [1.82, 2.24) is 0 Å². The number of ketones is 1. The van der Waals surface area contributed by atoms with E-state index in [0.717, 1.165) is 18.6 Å². The molecule has 0 spiro atoms. The molecular weight excluding hydrogens is 244 g/mol. The zero-order chi connectivity index (χ0) is 13.8. The first kappa shape index (κ1) is 13.6. The summed E-state index contributed by atoms with van der Waals surface area (Å²) in [7, 11) is 1.41. The lowest BCUT2D eigenvalue weighted by Gasteiger charge is -2.13. The van der Waals surface area contributed by atoms with Gasteiger partial charge in [0.2, 0.25) is 0 Å². The van der Waals surface area contributed by atoms with Crippen LogP contribution in [0.3, 0.4) is 0 Å². The Labute approximate surface area is 112 Å². The van der Waals surface area contributed by atoms with Gasteiger partial charge < -0.3 is 9.47 Å². The Kier molecular flexibility index (Phi) is 4.20. The highest BCUT2D eigenvalue weighted by Crippen LogP contribution is 2.30. The zero-order valence-electron chi connectivity index (χ0n) is 11.2. The molecule has 1 fully saturated rings. The van der Waals surface area contributed by atoms with Crippen molar-refractivity contribution in [1.29, 1.82) is 0 Å². The maximum atomic E-state index is 11.4. The summed E-state index contributed by atoms with van der Waals surface area (Å²) in [6, 6.07) is 7.10. The van der Waals surface area contributed by atoms with Gasteiger partial charge in [-0.3, -0.25) is 9.59 Å². The molecule has 1 aliphatic rings. The third-order valence-corrected chi connectivity index (χ3v) is 3.48. The van der Waals surface area contributed by atoms with E-state index in [2.05, 4.69) is 0 Å². The van der Waals surface area contributed by atoms with Crippen LogP contribution in [0.25, 0.3) is 0 Å². The number of hydrogen-bond acceptors (Lipinski definition) is 4. The monoisotopic (exact) mass is 262 g/mol. The first-order valence-electron chi connectivity index (χ1n) is 6.45. The van der Waals surface area contributed by atoms with Crippen molar-refractivity contribution in [3.05, 3.63) is 29.8 Å². The topological polar surface area (TPSA) is 52.6 Å². The van der Waals surface area contributed by atoms with Crippen molar-refractivity contribution in [2.45, 2.75) is 32.3 Å². The van der Waals surface area contributed by atoms with E-state index in [1.165, 1.54) is 14.0 Å². The average Bonchev–Trinajstić information content (AvgIpc) is 2.87. The summed E-state index contributed by atoms with van der Waals surface area (Å²) < 4.78 is 10.6. The fourth-order valence-electron chi connectivity index (χ4n) is 2.39. The molecule has 0 aliphatic heterocycles. The molecule has 1 aliphatic carbocycles. The molecule has 2 atom stereocenters. The number of esters is 1. The van der Waals surface area contributed by atoms with Crippen molar-refractivity contribution < 1.29 is 19.1 Å². The van der Waals surface area contributed by atoms with Crippen LogP contribution in [0.15, 0.2) is 24.3 Å². The normalized spacial score (nSPS) is 22.0. The SMILES string of the molecule is COC(=O)[C@@H]1CC[C@@H](Oc2ccc(C(C)=O)cc2)C1. The molecule has 0 heterocycles. The average molecular weight is 262 g/mol. The number of Topliss-reactive ketones (excluding diaryl/α,β-unsaturated/α-hetero) is 1. The summed E-state index contributed by atoms with van der Waals surface area (Å²) in [5, 5.41) is 0. The highest BCUT2D eigenvalue weighted by molar-refractivity contribution is 5.94. The van der Waals surface area contributed by atoms with Gasteiger partial charge in [-0.25, -0.2) is 0 Å². The first-order chi connectivity index (χ1) is 9.10. The van der Waals surface area contributed by atoms with E-state index in [1.54, 1.807) is 24.3 Å². The van der Waals surface area contributed by atoms with Crippen molar-refractivity contribution >= 4 is 11.8 Å². The minimum atomic E-state index is -0.155. The summed E-state index contributed by atoms with van der Waals surface area (Å²) in [6.45, 7) is 1.54. The van der Waals surface area contributed by atoms with Gasteiger partial charge in [0.25, 0.3) is 0 Å². The molecule has 1 saturated carbocycles. The fraction of sp³-hybridized carbons (Fsp3) is 0.467. The molecule has 102 valence electrons. The zero-order valence-corrected chi connectivity index (χ0v) is 11.2. The van der Waals surface area contributed by atoms with E-state index in [0.29, 0.717) is 12.0 Å². The molecule has 0 radical (unpaired) electrons. The number of carbonyl (C=O) groups excluding carboxylic acids is 2. The van der Waals surface area contributed by atoms with E-state index < -0.39 is 0 Å². The molecule has 1 aromatic carbocycles. The Hall–Kier alpha value is -1.84. The van der Waals surface area contributed by atoms with Gasteiger partial charge in [-0.05, 0) is 50.5 Å². The summed E-state index contributed by atoms with van der Waals surface area (Å²) in [5.41, 5.74) is 0.672. The number of benzene rings is 1. The van der Waals surface area contributed by atoms with Gasteiger partial charge in [-0.1, -0.05) is 0 Å². The highest BCUT2D eigenvalue weighted by atomic mass is 16.5. The van der Waals surface area contributed by atoms with Crippen molar-refractivity contribution in [2.75, 3.05) is 7.11 Å². The van der Waals surface area contributed by atoms with Crippen LogP contribution in [0.5, 0.6) is 5.75 Å². The van der Waals surface area contributed by atoms with Crippen LogP contribution in [0, 0.1) is 5.92 Å². The van der Waals surface area contributed by atoms with Gasteiger partial charge in [-0.15, -0.1) is 0 Å². The molecule has 0 bridgehead atoms. The number of rotatable bonds is 4. The van der Waals surface area contributed by atoms with Crippen LogP contribution in [-0.2, 0) is 9.53 Å². The Morgan fingerprint density at radius 2 is 1.84 bits per heavy atom. The molecule has 0 unspecified atom stereocenters. The quantitative estimate of drug-likeness (QED) is 0.618. The van der Waals surface area contributed by atoms with Crippen molar-refractivity contribution in [2.24, 2.45) is 5.92 Å². The highest BCUT2D eigenvalue weighted by Gasteiger charge is 2.31. The Balaban J connectivity index is 1.92. The second-order valence-electron chi connectivity index (χ2n) is 4.85. The van der Waals surface area contributed by atoms with Crippen LogP contribution in [0.1, 0.15) is 36.5 Å². The van der Waals surface area contributed by atoms with Crippen molar-refractivity contribution in [3.63, 3.8) is 0 Å². The van der Waals surface area contributed by atoms with Gasteiger partial charge in [0, 0.05) is 5.56 Å². The molecule has 0 N–H and O–H groups in total. The maximum Gasteiger partial charge on any atom is 0.308 e. The van der Waals surface area contributed by atoms with E-state index in [9.17, 15) is 9.59 Å². The lowest BCUT2D eigenvalue weighted by atomic mass is 10.1. The van der Waals surface area contributed by atoms with E-state index >= 15 is 0 Å². The third kappa shape index (κ3) is 3.34. The van der Waals surface area contributed by atoms with Crippen LogP contribution in [-0.4, -0.2) is 25.0 Å². The molecule has 2 rings (SSSR count). The van der Waals surface area contributed by atoms with Crippen molar-refractivity contribution in [3.8, 4) is 5.75 Å². The largest absolute Gasteiger partial charge is 0.490 e. The first-order valence-corrected chi connectivity index (χ1v) is 6.45. The number of methoxy groups -OCH3 is 1.